The summed E-state index contributed by atoms with van der Waals surface area (Å²) in [5.74, 6) is 0.167. The number of aromatic hydroxyl groups is 1. The molecule has 0 aliphatic carbocycles. The zero-order valence-electron chi connectivity index (χ0n) is 21.0. The highest BCUT2D eigenvalue weighted by Gasteiger charge is 2.34. The van der Waals surface area contributed by atoms with E-state index in [9.17, 15) is 9.90 Å². The number of carbonyl (C=O) groups is 1. The number of ether oxygens (including phenoxy) is 1. The standard InChI is InChI=1S/C29H31N3O4/c1-5-35-29(34)23-19(4)36-28-22-9-7-6-8-21(22)27(33)25(24(23)28)26(20-10-12-30-13-11-20)32-16-14-31(15-17-32)18(2)3/h6-13,26,33H,2,5,14-17H2,1,3-4H3. The zero-order chi connectivity index (χ0) is 25.4. The molecule has 4 aromatic rings. The van der Waals surface area contributed by atoms with E-state index in [-0.39, 0.29) is 18.4 Å². The van der Waals surface area contributed by atoms with E-state index < -0.39 is 5.97 Å². The van der Waals surface area contributed by atoms with Crippen LogP contribution in [0, 0.1) is 6.92 Å². The number of aromatic nitrogens is 1. The molecular formula is C29H31N3O4. The van der Waals surface area contributed by atoms with Crippen molar-refractivity contribution in [2.24, 2.45) is 0 Å². The fraction of sp³-hybridized carbons (Fsp3) is 0.310. The lowest BCUT2D eigenvalue weighted by Gasteiger charge is -2.41. The van der Waals surface area contributed by atoms with Crippen molar-refractivity contribution in [3.8, 4) is 5.75 Å². The highest BCUT2D eigenvalue weighted by Crippen LogP contribution is 2.47. The van der Waals surface area contributed by atoms with Gasteiger partial charge in [0.15, 0.2) is 0 Å². The van der Waals surface area contributed by atoms with Gasteiger partial charge in [-0.05, 0) is 38.5 Å². The minimum absolute atomic E-state index is 0.147. The second-order valence-electron chi connectivity index (χ2n) is 9.21. The first-order chi connectivity index (χ1) is 17.4. The van der Waals surface area contributed by atoms with E-state index in [1.165, 1.54) is 0 Å². The summed E-state index contributed by atoms with van der Waals surface area (Å²) in [7, 11) is 0. The molecule has 7 nitrogen and oxygen atoms in total. The van der Waals surface area contributed by atoms with E-state index in [0.29, 0.717) is 33.2 Å². The average molecular weight is 486 g/mol. The lowest BCUT2D eigenvalue weighted by atomic mass is 9.89. The summed E-state index contributed by atoms with van der Waals surface area (Å²) in [6.07, 6.45) is 3.52. The van der Waals surface area contributed by atoms with Crippen LogP contribution >= 0.6 is 0 Å². The molecule has 7 heteroatoms. The Morgan fingerprint density at radius 2 is 1.81 bits per heavy atom. The number of esters is 1. The number of hydrogen-bond acceptors (Lipinski definition) is 7. The minimum Gasteiger partial charge on any atom is -0.507 e. The number of aryl methyl sites for hydroxylation is 1. The normalized spacial score (nSPS) is 15.4. The van der Waals surface area contributed by atoms with Crippen molar-refractivity contribution >= 4 is 27.7 Å². The Morgan fingerprint density at radius 3 is 2.44 bits per heavy atom. The second kappa shape index (κ2) is 9.66. The third-order valence-corrected chi connectivity index (χ3v) is 7.03. The van der Waals surface area contributed by atoms with Crippen LogP contribution in [-0.2, 0) is 4.74 Å². The Hall–Kier alpha value is -3.84. The first-order valence-corrected chi connectivity index (χ1v) is 12.3. The first-order valence-electron chi connectivity index (χ1n) is 12.3. The molecular weight excluding hydrogens is 454 g/mol. The summed E-state index contributed by atoms with van der Waals surface area (Å²) in [6.45, 7) is 13.1. The first kappa shape index (κ1) is 23.9. The van der Waals surface area contributed by atoms with Gasteiger partial charge in [0.2, 0.25) is 0 Å². The summed E-state index contributed by atoms with van der Waals surface area (Å²) < 4.78 is 11.7. The maximum Gasteiger partial charge on any atom is 0.342 e. The van der Waals surface area contributed by atoms with Crippen molar-refractivity contribution in [3.05, 3.63) is 83.5 Å². The lowest BCUT2D eigenvalue weighted by molar-refractivity contribution is 0.0526. The van der Waals surface area contributed by atoms with Gasteiger partial charge in [-0.25, -0.2) is 4.79 Å². The molecule has 1 atom stereocenters. The highest BCUT2D eigenvalue weighted by molar-refractivity contribution is 6.16. The highest BCUT2D eigenvalue weighted by atomic mass is 16.5. The topological polar surface area (TPSA) is 79.0 Å². The molecule has 0 bridgehead atoms. The van der Waals surface area contributed by atoms with Crippen LogP contribution in [0.3, 0.4) is 0 Å². The zero-order valence-corrected chi connectivity index (χ0v) is 21.0. The number of phenolic OH excluding ortho intramolecular Hbond substituents is 1. The molecule has 1 aliphatic heterocycles. The number of phenols is 1. The molecule has 3 heterocycles. The molecule has 2 aromatic heterocycles. The van der Waals surface area contributed by atoms with E-state index in [4.69, 9.17) is 9.15 Å². The number of allylic oxidation sites excluding steroid dienone is 1. The molecule has 0 spiro atoms. The third-order valence-electron chi connectivity index (χ3n) is 7.03. The van der Waals surface area contributed by atoms with Gasteiger partial charge in [0.05, 0.1) is 12.6 Å². The Kier molecular flexibility index (Phi) is 6.41. The van der Waals surface area contributed by atoms with Crippen LogP contribution in [0.5, 0.6) is 5.75 Å². The number of pyridine rings is 1. The van der Waals surface area contributed by atoms with Gasteiger partial charge in [-0.15, -0.1) is 0 Å². The summed E-state index contributed by atoms with van der Waals surface area (Å²) >= 11 is 0. The van der Waals surface area contributed by atoms with Crippen molar-refractivity contribution in [1.29, 1.82) is 0 Å². The number of benzene rings is 2. The number of rotatable bonds is 6. The molecule has 0 radical (unpaired) electrons. The van der Waals surface area contributed by atoms with E-state index in [1.807, 2.05) is 43.3 Å². The number of furan rings is 1. The maximum atomic E-state index is 13.2. The Morgan fingerprint density at radius 1 is 1.14 bits per heavy atom. The molecule has 0 amide bonds. The van der Waals surface area contributed by atoms with Crippen LogP contribution in [0.25, 0.3) is 21.7 Å². The van der Waals surface area contributed by atoms with E-state index in [0.717, 1.165) is 42.8 Å². The molecule has 0 saturated carbocycles. The number of piperazine rings is 1. The smallest absolute Gasteiger partial charge is 0.342 e. The molecule has 1 N–H and O–H groups in total. The Labute approximate surface area is 210 Å². The van der Waals surface area contributed by atoms with Crippen molar-refractivity contribution in [2.75, 3.05) is 32.8 Å². The number of hydrogen-bond donors (Lipinski definition) is 1. The van der Waals surface area contributed by atoms with E-state index in [2.05, 4.69) is 21.4 Å². The van der Waals surface area contributed by atoms with Gasteiger partial charge in [0.25, 0.3) is 0 Å². The van der Waals surface area contributed by atoms with E-state index >= 15 is 0 Å². The van der Waals surface area contributed by atoms with Crippen LogP contribution in [0.1, 0.15) is 47.1 Å². The molecule has 2 aromatic carbocycles. The largest absolute Gasteiger partial charge is 0.507 e. The van der Waals surface area contributed by atoms with Gasteiger partial charge in [0, 0.05) is 66.0 Å². The van der Waals surface area contributed by atoms with Gasteiger partial charge in [-0.2, -0.15) is 0 Å². The summed E-state index contributed by atoms with van der Waals surface area (Å²) in [5.41, 5.74) is 3.62. The van der Waals surface area contributed by atoms with Crippen molar-refractivity contribution < 1.29 is 19.1 Å². The SMILES string of the molecule is C=C(C)N1CCN(C(c2ccncc2)c2c(O)c3ccccc3c3oc(C)c(C(=O)OCC)c23)CC1. The number of nitrogens with zero attached hydrogens (tertiary/aromatic N) is 3. The molecule has 1 saturated heterocycles. The molecule has 1 unspecified atom stereocenters. The molecule has 1 aliphatic rings. The van der Waals surface area contributed by atoms with Crippen LogP contribution < -0.4 is 0 Å². The fourth-order valence-corrected chi connectivity index (χ4v) is 5.33. The van der Waals surface area contributed by atoms with Crippen LogP contribution in [-0.4, -0.2) is 58.6 Å². The van der Waals surface area contributed by atoms with Gasteiger partial charge in [-0.1, -0.05) is 30.8 Å². The number of carbonyl (C=O) groups excluding carboxylic acids is 1. The summed E-state index contributed by atoms with van der Waals surface area (Å²) in [5, 5.41) is 13.9. The molecule has 1 fully saturated rings. The van der Waals surface area contributed by atoms with Crippen LogP contribution in [0.4, 0.5) is 0 Å². The van der Waals surface area contributed by atoms with Crippen LogP contribution in [0.2, 0.25) is 0 Å². The molecule has 36 heavy (non-hydrogen) atoms. The number of fused-ring (bicyclic) bond motifs is 3. The fourth-order valence-electron chi connectivity index (χ4n) is 5.33. The second-order valence-corrected chi connectivity index (χ2v) is 9.21. The molecule has 186 valence electrons. The predicted molar refractivity (Wildman–Crippen MR) is 140 cm³/mol. The Bertz CT molecular complexity index is 1440. The van der Waals surface area contributed by atoms with Crippen molar-refractivity contribution in [3.63, 3.8) is 0 Å². The molecule has 5 rings (SSSR count). The minimum atomic E-state index is -0.453. The summed E-state index contributed by atoms with van der Waals surface area (Å²) in [4.78, 5) is 22.0. The van der Waals surface area contributed by atoms with Gasteiger partial charge < -0.3 is 19.2 Å². The van der Waals surface area contributed by atoms with Crippen molar-refractivity contribution in [1.82, 2.24) is 14.8 Å². The average Bonchev–Trinajstić information content (AvgIpc) is 3.24. The van der Waals surface area contributed by atoms with Gasteiger partial charge >= 0.3 is 5.97 Å². The lowest BCUT2D eigenvalue weighted by Crippen LogP contribution is -2.47. The third kappa shape index (κ3) is 3.99. The summed E-state index contributed by atoms with van der Waals surface area (Å²) in [6, 6.07) is 11.2. The van der Waals surface area contributed by atoms with Crippen molar-refractivity contribution in [2.45, 2.75) is 26.8 Å². The van der Waals surface area contributed by atoms with Gasteiger partial charge in [-0.3, -0.25) is 9.88 Å². The van der Waals surface area contributed by atoms with E-state index in [1.54, 1.807) is 26.2 Å². The predicted octanol–water partition coefficient (Wildman–Crippen LogP) is 5.41. The Balaban J connectivity index is 1.81. The quantitative estimate of drug-likeness (QED) is 0.366. The monoisotopic (exact) mass is 485 g/mol. The van der Waals surface area contributed by atoms with Gasteiger partial charge in [0.1, 0.15) is 22.7 Å². The van der Waals surface area contributed by atoms with Crippen LogP contribution in [0.15, 0.2) is 65.5 Å². The maximum absolute atomic E-state index is 13.2.